The third kappa shape index (κ3) is 3.54. The molecule has 2 aliphatic rings. The number of nitrogens with zero attached hydrogens (tertiary/aromatic N) is 2. The lowest BCUT2D eigenvalue weighted by Gasteiger charge is -2.54. The van der Waals surface area contributed by atoms with Crippen LogP contribution in [-0.4, -0.2) is 37.4 Å². The van der Waals surface area contributed by atoms with Crippen molar-refractivity contribution in [2.45, 2.75) is 43.2 Å². The predicted molar refractivity (Wildman–Crippen MR) is 101 cm³/mol. The second-order valence-corrected chi connectivity index (χ2v) is 9.23. The Morgan fingerprint density at radius 1 is 1.04 bits per heavy atom. The fraction of sp³-hybridized carbons (Fsp3) is 0.450. The molecule has 5 nitrogen and oxygen atoms in total. The summed E-state index contributed by atoms with van der Waals surface area (Å²) in [6.45, 7) is 2.98. The number of piperidine rings is 1. The normalized spacial score (nSPS) is 22.8. The van der Waals surface area contributed by atoms with Gasteiger partial charge in [0.25, 0.3) is 0 Å². The third-order valence-electron chi connectivity index (χ3n) is 6.03. The Hall–Kier alpha value is -1.76. The van der Waals surface area contributed by atoms with Crippen LogP contribution in [0.5, 0.6) is 0 Å². The van der Waals surface area contributed by atoms with E-state index in [2.05, 4.69) is 26.7 Å². The maximum absolute atomic E-state index is 12.6. The van der Waals surface area contributed by atoms with Gasteiger partial charge in [-0.05, 0) is 74.0 Å². The lowest BCUT2D eigenvalue weighted by molar-refractivity contribution is 0.000698. The molecule has 1 aromatic carbocycles. The molecular weight excluding hydrogens is 346 g/mol. The largest absolute Gasteiger partial charge is 0.299 e. The Labute approximate surface area is 155 Å². The minimum Gasteiger partial charge on any atom is -0.299 e. The average molecular weight is 372 g/mol. The van der Waals surface area contributed by atoms with Crippen LogP contribution in [0.4, 0.5) is 0 Å². The van der Waals surface area contributed by atoms with Gasteiger partial charge in [-0.3, -0.25) is 9.88 Å². The zero-order valence-electron chi connectivity index (χ0n) is 14.8. The van der Waals surface area contributed by atoms with Gasteiger partial charge in [-0.2, -0.15) is 0 Å². The Morgan fingerprint density at radius 2 is 1.73 bits per heavy atom. The van der Waals surface area contributed by atoms with Crippen LogP contribution in [0.2, 0.25) is 0 Å². The van der Waals surface area contributed by atoms with E-state index in [1.807, 2.05) is 18.5 Å². The van der Waals surface area contributed by atoms with Crippen LogP contribution < -0.4 is 4.72 Å². The molecular formula is C20H25N3O2S. The molecule has 0 radical (unpaired) electrons. The first-order chi connectivity index (χ1) is 12.6. The number of benzene rings is 1. The summed E-state index contributed by atoms with van der Waals surface area (Å²) in [5, 5.41) is 0. The van der Waals surface area contributed by atoms with Crippen molar-refractivity contribution in [3.8, 4) is 0 Å². The van der Waals surface area contributed by atoms with Crippen molar-refractivity contribution in [3.63, 3.8) is 0 Å². The minimum absolute atomic E-state index is 0.0655. The molecule has 2 heterocycles. The van der Waals surface area contributed by atoms with Crippen molar-refractivity contribution in [3.05, 3.63) is 60.4 Å². The Morgan fingerprint density at radius 3 is 2.35 bits per heavy atom. The number of aromatic nitrogens is 1. The predicted octanol–water partition coefficient (Wildman–Crippen LogP) is 2.80. The fourth-order valence-corrected chi connectivity index (χ4v) is 5.63. The van der Waals surface area contributed by atoms with E-state index in [1.165, 1.54) is 5.56 Å². The maximum Gasteiger partial charge on any atom is 0.240 e. The Balaban J connectivity index is 1.37. The van der Waals surface area contributed by atoms with Gasteiger partial charge in [0.1, 0.15) is 0 Å². The van der Waals surface area contributed by atoms with E-state index in [0.717, 1.165) is 45.3 Å². The highest BCUT2D eigenvalue weighted by molar-refractivity contribution is 7.89. The minimum atomic E-state index is -3.43. The Kier molecular flexibility index (Phi) is 4.82. The zero-order valence-corrected chi connectivity index (χ0v) is 15.7. The van der Waals surface area contributed by atoms with Crippen LogP contribution in [0, 0.1) is 5.41 Å². The average Bonchev–Trinajstić information content (AvgIpc) is 2.68. The molecule has 2 fully saturated rings. The lowest BCUT2D eigenvalue weighted by Crippen LogP contribution is -2.58. The molecule has 0 amide bonds. The summed E-state index contributed by atoms with van der Waals surface area (Å²) in [4.78, 5) is 6.89. The van der Waals surface area contributed by atoms with Gasteiger partial charge in [-0.25, -0.2) is 13.1 Å². The number of pyridine rings is 1. The van der Waals surface area contributed by atoms with Crippen LogP contribution in [0.25, 0.3) is 0 Å². The molecule has 1 atom stereocenters. The zero-order chi connectivity index (χ0) is 18.0. The van der Waals surface area contributed by atoms with E-state index in [1.54, 1.807) is 24.3 Å². The lowest BCUT2D eigenvalue weighted by atomic mass is 9.59. The molecule has 1 saturated carbocycles. The first kappa shape index (κ1) is 17.6. The molecule has 0 unspecified atom stereocenters. The van der Waals surface area contributed by atoms with Crippen LogP contribution >= 0.6 is 0 Å². The highest BCUT2D eigenvalue weighted by atomic mass is 32.2. The van der Waals surface area contributed by atoms with Gasteiger partial charge < -0.3 is 0 Å². The van der Waals surface area contributed by atoms with Gasteiger partial charge in [0.05, 0.1) is 4.90 Å². The van der Waals surface area contributed by atoms with Crippen molar-refractivity contribution < 1.29 is 8.42 Å². The number of nitrogens with one attached hydrogen (secondary N) is 1. The van der Waals surface area contributed by atoms with Gasteiger partial charge in [0.2, 0.25) is 10.0 Å². The van der Waals surface area contributed by atoms with Crippen LogP contribution in [-0.2, 0) is 16.6 Å². The molecule has 4 rings (SSSR count). The summed E-state index contributed by atoms with van der Waals surface area (Å²) in [7, 11) is -3.43. The summed E-state index contributed by atoms with van der Waals surface area (Å²) in [5.74, 6) is 0. The Bertz CT molecular complexity index is 832. The van der Waals surface area contributed by atoms with Gasteiger partial charge in [0.15, 0.2) is 0 Å². The van der Waals surface area contributed by atoms with E-state index in [0.29, 0.717) is 4.90 Å². The summed E-state index contributed by atoms with van der Waals surface area (Å²) in [6, 6.07) is 12.9. The van der Waals surface area contributed by atoms with Crippen molar-refractivity contribution in [1.82, 2.24) is 14.6 Å². The quantitative estimate of drug-likeness (QED) is 0.878. The number of rotatable bonds is 5. The van der Waals surface area contributed by atoms with Gasteiger partial charge in [-0.1, -0.05) is 18.2 Å². The van der Waals surface area contributed by atoms with Crippen molar-refractivity contribution in [2.24, 2.45) is 5.41 Å². The summed E-state index contributed by atoms with van der Waals surface area (Å²) in [5.41, 5.74) is 1.42. The number of sulfonamides is 1. The molecule has 1 aromatic heterocycles. The molecule has 2 aromatic rings. The van der Waals surface area contributed by atoms with E-state index in [4.69, 9.17) is 0 Å². The third-order valence-corrected chi connectivity index (χ3v) is 7.52. The molecule has 1 saturated heterocycles. The molecule has 26 heavy (non-hydrogen) atoms. The van der Waals surface area contributed by atoms with Crippen molar-refractivity contribution in [1.29, 1.82) is 0 Å². The monoisotopic (exact) mass is 371 g/mol. The highest BCUT2D eigenvalue weighted by Crippen LogP contribution is 2.49. The molecule has 1 aliphatic carbocycles. The second kappa shape index (κ2) is 7.10. The number of hydrogen-bond donors (Lipinski definition) is 1. The molecule has 1 aliphatic heterocycles. The number of hydrogen-bond acceptors (Lipinski definition) is 4. The molecule has 1 N–H and O–H groups in total. The maximum atomic E-state index is 12.6. The van der Waals surface area contributed by atoms with Crippen molar-refractivity contribution in [2.75, 3.05) is 13.1 Å². The summed E-state index contributed by atoms with van der Waals surface area (Å²) in [6.07, 6.45) is 7.84. The van der Waals surface area contributed by atoms with Gasteiger partial charge in [-0.15, -0.1) is 0 Å². The summed E-state index contributed by atoms with van der Waals surface area (Å²) >= 11 is 0. The first-order valence-corrected chi connectivity index (χ1v) is 10.7. The SMILES string of the molecule is O=S(=O)(N[C@H]1CCC12CCN(Cc1ccncc1)CC2)c1ccccc1. The molecule has 0 bridgehead atoms. The van der Waals surface area contributed by atoms with Crippen LogP contribution in [0.15, 0.2) is 59.8 Å². The van der Waals surface area contributed by atoms with E-state index >= 15 is 0 Å². The molecule has 1 spiro atoms. The van der Waals surface area contributed by atoms with Crippen LogP contribution in [0.1, 0.15) is 31.2 Å². The topological polar surface area (TPSA) is 62.3 Å². The van der Waals surface area contributed by atoms with Gasteiger partial charge in [0, 0.05) is 25.0 Å². The standard InChI is InChI=1S/C20H25N3O2S/c24-26(25,18-4-2-1-3-5-18)22-19-6-9-20(19)10-14-23(15-11-20)16-17-7-12-21-13-8-17/h1-5,7-8,12-13,19,22H,6,9-11,14-16H2/t19-/m0/s1. The van der Waals surface area contributed by atoms with E-state index in [-0.39, 0.29) is 11.5 Å². The first-order valence-electron chi connectivity index (χ1n) is 9.26. The smallest absolute Gasteiger partial charge is 0.240 e. The van der Waals surface area contributed by atoms with Crippen molar-refractivity contribution >= 4 is 10.0 Å². The second-order valence-electron chi connectivity index (χ2n) is 7.52. The molecule has 138 valence electrons. The summed E-state index contributed by atoms with van der Waals surface area (Å²) < 4.78 is 28.3. The van der Waals surface area contributed by atoms with E-state index < -0.39 is 10.0 Å². The molecule has 6 heteroatoms. The number of likely N-dealkylation sites (tertiary alicyclic amines) is 1. The van der Waals surface area contributed by atoms with E-state index in [9.17, 15) is 8.42 Å². The van der Waals surface area contributed by atoms with Crippen LogP contribution in [0.3, 0.4) is 0 Å². The van der Waals surface area contributed by atoms with Gasteiger partial charge >= 0.3 is 0 Å². The fourth-order valence-electron chi connectivity index (χ4n) is 4.24. The highest BCUT2D eigenvalue weighted by Gasteiger charge is 2.49.